The SMILES string of the molecule is COCCCC(NC(=O)C1=COCCO1)C(=O)O. The average molecular weight is 259 g/mol. The Morgan fingerprint density at radius 3 is 2.89 bits per heavy atom. The van der Waals surface area contributed by atoms with E-state index in [1.165, 1.54) is 13.4 Å². The third kappa shape index (κ3) is 4.62. The quantitative estimate of drug-likeness (QED) is 0.618. The van der Waals surface area contributed by atoms with Gasteiger partial charge in [-0.2, -0.15) is 0 Å². The van der Waals surface area contributed by atoms with Gasteiger partial charge in [-0.1, -0.05) is 0 Å². The van der Waals surface area contributed by atoms with Crippen LogP contribution in [0.1, 0.15) is 12.8 Å². The molecule has 1 rings (SSSR count). The molecule has 102 valence electrons. The molecule has 7 heteroatoms. The zero-order chi connectivity index (χ0) is 13.4. The third-order valence-corrected chi connectivity index (χ3v) is 2.32. The van der Waals surface area contributed by atoms with E-state index in [1.807, 2.05) is 0 Å². The molecule has 18 heavy (non-hydrogen) atoms. The molecule has 1 aliphatic heterocycles. The van der Waals surface area contributed by atoms with Gasteiger partial charge in [0.1, 0.15) is 25.5 Å². The highest BCUT2D eigenvalue weighted by Crippen LogP contribution is 2.06. The first-order chi connectivity index (χ1) is 8.65. The lowest BCUT2D eigenvalue weighted by Gasteiger charge is -2.18. The lowest BCUT2D eigenvalue weighted by molar-refractivity contribution is -0.142. The van der Waals surface area contributed by atoms with Crippen LogP contribution in [0.3, 0.4) is 0 Å². The highest BCUT2D eigenvalue weighted by Gasteiger charge is 2.23. The fourth-order valence-corrected chi connectivity index (χ4v) is 1.41. The second-order valence-corrected chi connectivity index (χ2v) is 3.70. The molecule has 0 aromatic rings. The van der Waals surface area contributed by atoms with Gasteiger partial charge in [0.25, 0.3) is 5.91 Å². The van der Waals surface area contributed by atoms with E-state index in [-0.39, 0.29) is 12.4 Å². The minimum Gasteiger partial charge on any atom is -0.494 e. The van der Waals surface area contributed by atoms with Crippen molar-refractivity contribution in [1.82, 2.24) is 5.32 Å². The molecule has 1 atom stereocenters. The van der Waals surface area contributed by atoms with Crippen molar-refractivity contribution in [3.8, 4) is 0 Å². The molecule has 0 bridgehead atoms. The number of ether oxygens (including phenoxy) is 3. The van der Waals surface area contributed by atoms with E-state index >= 15 is 0 Å². The fraction of sp³-hybridized carbons (Fsp3) is 0.636. The molecule has 0 aliphatic carbocycles. The monoisotopic (exact) mass is 259 g/mol. The highest BCUT2D eigenvalue weighted by molar-refractivity contribution is 5.94. The molecule has 0 fully saturated rings. The summed E-state index contributed by atoms with van der Waals surface area (Å²) in [5, 5.41) is 11.4. The second kappa shape index (κ2) is 7.54. The van der Waals surface area contributed by atoms with E-state index in [9.17, 15) is 9.59 Å². The molecule has 1 heterocycles. The Kier molecular flexibility index (Phi) is 5.99. The summed E-state index contributed by atoms with van der Waals surface area (Å²) in [6, 6.07) is -0.959. The lowest BCUT2D eigenvalue weighted by atomic mass is 10.1. The van der Waals surface area contributed by atoms with Crippen LogP contribution in [0.25, 0.3) is 0 Å². The van der Waals surface area contributed by atoms with Crippen LogP contribution in [-0.4, -0.2) is 50.0 Å². The van der Waals surface area contributed by atoms with E-state index in [0.717, 1.165) is 0 Å². The molecule has 2 N–H and O–H groups in total. The zero-order valence-corrected chi connectivity index (χ0v) is 10.2. The maximum atomic E-state index is 11.7. The van der Waals surface area contributed by atoms with Crippen LogP contribution in [-0.2, 0) is 23.8 Å². The normalized spacial score (nSPS) is 15.9. The van der Waals surface area contributed by atoms with E-state index in [0.29, 0.717) is 26.1 Å². The smallest absolute Gasteiger partial charge is 0.326 e. The minimum absolute atomic E-state index is 0.000702. The van der Waals surface area contributed by atoms with Crippen molar-refractivity contribution >= 4 is 11.9 Å². The van der Waals surface area contributed by atoms with Crippen LogP contribution in [0.15, 0.2) is 12.0 Å². The fourth-order valence-electron chi connectivity index (χ4n) is 1.41. The zero-order valence-electron chi connectivity index (χ0n) is 10.2. The predicted octanol–water partition coefficient (Wildman–Crippen LogP) is -0.129. The largest absolute Gasteiger partial charge is 0.494 e. The minimum atomic E-state index is -1.09. The van der Waals surface area contributed by atoms with Crippen LogP contribution in [0.5, 0.6) is 0 Å². The molecule has 0 radical (unpaired) electrons. The van der Waals surface area contributed by atoms with Crippen molar-refractivity contribution in [2.75, 3.05) is 26.9 Å². The van der Waals surface area contributed by atoms with Gasteiger partial charge in [-0.3, -0.25) is 4.79 Å². The summed E-state index contributed by atoms with van der Waals surface area (Å²) < 4.78 is 14.8. The number of hydrogen-bond donors (Lipinski definition) is 2. The number of carboxylic acids is 1. The van der Waals surface area contributed by atoms with Gasteiger partial charge in [0.2, 0.25) is 5.76 Å². The van der Waals surface area contributed by atoms with Gasteiger partial charge in [-0.25, -0.2) is 4.79 Å². The number of methoxy groups -OCH3 is 1. The summed E-state index contributed by atoms with van der Waals surface area (Å²) in [6.07, 6.45) is 2.03. The van der Waals surface area contributed by atoms with Crippen molar-refractivity contribution < 1.29 is 28.9 Å². The van der Waals surface area contributed by atoms with Crippen molar-refractivity contribution in [1.29, 1.82) is 0 Å². The van der Waals surface area contributed by atoms with Crippen LogP contribution in [0.4, 0.5) is 0 Å². The van der Waals surface area contributed by atoms with Crippen LogP contribution < -0.4 is 5.32 Å². The number of hydrogen-bond acceptors (Lipinski definition) is 5. The van der Waals surface area contributed by atoms with Crippen molar-refractivity contribution in [2.24, 2.45) is 0 Å². The summed E-state index contributed by atoms with van der Waals surface area (Å²) in [4.78, 5) is 22.6. The molecular weight excluding hydrogens is 242 g/mol. The van der Waals surface area contributed by atoms with Crippen molar-refractivity contribution in [3.05, 3.63) is 12.0 Å². The Labute approximate surface area is 105 Å². The predicted molar refractivity (Wildman–Crippen MR) is 60.7 cm³/mol. The first-order valence-electron chi connectivity index (χ1n) is 5.62. The second-order valence-electron chi connectivity index (χ2n) is 3.70. The molecule has 0 spiro atoms. The van der Waals surface area contributed by atoms with E-state index < -0.39 is 17.9 Å². The Balaban J connectivity index is 2.46. The van der Waals surface area contributed by atoms with E-state index in [4.69, 9.17) is 19.3 Å². The Bertz CT molecular complexity index is 327. The Morgan fingerprint density at radius 2 is 2.33 bits per heavy atom. The molecule has 0 aromatic heterocycles. The number of rotatable bonds is 7. The van der Waals surface area contributed by atoms with Gasteiger partial charge in [-0.15, -0.1) is 0 Å². The molecule has 0 saturated carbocycles. The number of aliphatic carboxylic acids is 1. The highest BCUT2D eigenvalue weighted by atomic mass is 16.6. The Morgan fingerprint density at radius 1 is 1.56 bits per heavy atom. The van der Waals surface area contributed by atoms with E-state index in [2.05, 4.69) is 5.32 Å². The maximum absolute atomic E-state index is 11.7. The lowest BCUT2D eigenvalue weighted by Crippen LogP contribution is -2.42. The van der Waals surface area contributed by atoms with Gasteiger partial charge in [-0.05, 0) is 12.8 Å². The van der Waals surface area contributed by atoms with Crippen LogP contribution >= 0.6 is 0 Å². The molecule has 7 nitrogen and oxygen atoms in total. The number of carboxylic acid groups (broad SMARTS) is 1. The van der Waals surface area contributed by atoms with Crippen molar-refractivity contribution in [3.63, 3.8) is 0 Å². The number of nitrogens with one attached hydrogen (secondary N) is 1. The number of carbonyl (C=O) groups is 2. The maximum Gasteiger partial charge on any atom is 0.326 e. The van der Waals surface area contributed by atoms with Gasteiger partial charge in [0.05, 0.1) is 0 Å². The van der Waals surface area contributed by atoms with Gasteiger partial charge >= 0.3 is 5.97 Å². The molecule has 1 amide bonds. The van der Waals surface area contributed by atoms with Crippen LogP contribution in [0, 0.1) is 0 Å². The molecule has 1 aliphatic rings. The third-order valence-electron chi connectivity index (χ3n) is 2.32. The van der Waals surface area contributed by atoms with Crippen molar-refractivity contribution in [2.45, 2.75) is 18.9 Å². The molecule has 1 unspecified atom stereocenters. The summed E-state index contributed by atoms with van der Waals surface area (Å²) in [5.74, 6) is -1.67. The summed E-state index contributed by atoms with van der Waals surface area (Å²) >= 11 is 0. The first-order valence-corrected chi connectivity index (χ1v) is 5.62. The Hall–Kier alpha value is -1.76. The van der Waals surface area contributed by atoms with Gasteiger partial charge in [0, 0.05) is 13.7 Å². The topological polar surface area (TPSA) is 94.1 Å². The van der Waals surface area contributed by atoms with Crippen LogP contribution in [0.2, 0.25) is 0 Å². The molecule has 0 aromatic carbocycles. The summed E-state index contributed by atoms with van der Waals surface area (Å²) in [6.45, 7) is 1.11. The standard InChI is InChI=1S/C11H17NO6/c1-16-4-2-3-8(11(14)15)12-10(13)9-7-17-5-6-18-9/h7-8H,2-6H2,1H3,(H,12,13)(H,14,15). The number of amides is 1. The van der Waals surface area contributed by atoms with Gasteiger partial charge in [0.15, 0.2) is 0 Å². The summed E-state index contributed by atoms with van der Waals surface area (Å²) in [5.41, 5.74) is 0. The average Bonchev–Trinajstić information content (AvgIpc) is 2.38. The first kappa shape index (κ1) is 14.3. The van der Waals surface area contributed by atoms with E-state index in [1.54, 1.807) is 0 Å². The number of carbonyl (C=O) groups excluding carboxylic acids is 1. The molecule has 0 saturated heterocycles. The molecular formula is C11H17NO6. The van der Waals surface area contributed by atoms with Gasteiger partial charge < -0.3 is 24.6 Å². The summed E-state index contributed by atoms with van der Waals surface area (Å²) in [7, 11) is 1.53.